The summed E-state index contributed by atoms with van der Waals surface area (Å²) in [5, 5.41) is 8.67. The second kappa shape index (κ2) is 3.50. The van der Waals surface area contributed by atoms with E-state index in [0.29, 0.717) is 5.56 Å². The third-order valence-corrected chi connectivity index (χ3v) is 2.16. The molecule has 0 saturated carbocycles. The molecule has 2 amide bonds. The van der Waals surface area contributed by atoms with Crippen LogP contribution in [0.25, 0.3) is 0 Å². The van der Waals surface area contributed by atoms with E-state index >= 15 is 0 Å². The minimum Gasteiger partial charge on any atom is -0.274 e. The van der Waals surface area contributed by atoms with Gasteiger partial charge in [0.2, 0.25) is 11.8 Å². The number of nitriles is 1. The molecule has 1 saturated heterocycles. The summed E-state index contributed by atoms with van der Waals surface area (Å²) in [6.07, 6.45) is 1.85. The third-order valence-electron chi connectivity index (χ3n) is 2.16. The van der Waals surface area contributed by atoms with Gasteiger partial charge in [-0.15, -0.1) is 0 Å². The lowest BCUT2D eigenvalue weighted by Gasteiger charge is -2.11. The summed E-state index contributed by atoms with van der Waals surface area (Å²) < 4.78 is 0. The topological polar surface area (TPSA) is 74.1 Å². The molecule has 0 aromatic carbocycles. The number of pyridine rings is 1. The summed E-state index contributed by atoms with van der Waals surface area (Å²) in [6, 6.07) is 4.89. The Morgan fingerprint density at radius 1 is 1.33 bits per heavy atom. The summed E-state index contributed by atoms with van der Waals surface area (Å²) in [5.74, 6) is -0.285. The largest absolute Gasteiger partial charge is 0.274 e. The molecule has 1 aliphatic heterocycles. The Bertz CT molecular complexity index is 460. The van der Waals surface area contributed by atoms with Crippen LogP contribution in [0.4, 0.5) is 5.82 Å². The van der Waals surface area contributed by atoms with Crippen molar-refractivity contribution in [3.63, 3.8) is 0 Å². The molecule has 1 aliphatic rings. The number of rotatable bonds is 1. The van der Waals surface area contributed by atoms with Gasteiger partial charge in [0.05, 0.1) is 11.6 Å². The van der Waals surface area contributed by atoms with Crippen molar-refractivity contribution >= 4 is 17.6 Å². The van der Waals surface area contributed by atoms with E-state index in [-0.39, 0.29) is 30.5 Å². The SMILES string of the molecule is N#Cc1ccnc(N2C(=O)CCC2=O)c1. The van der Waals surface area contributed by atoms with Gasteiger partial charge in [0.1, 0.15) is 5.82 Å². The Hall–Kier alpha value is -2.22. The fourth-order valence-electron chi connectivity index (χ4n) is 1.44. The molecule has 0 spiro atoms. The van der Waals surface area contributed by atoms with Crippen LogP contribution in [-0.2, 0) is 9.59 Å². The average molecular weight is 201 g/mol. The second-order valence-electron chi connectivity index (χ2n) is 3.14. The molecule has 0 unspecified atom stereocenters. The number of imide groups is 1. The van der Waals surface area contributed by atoms with Crippen LogP contribution in [0.1, 0.15) is 18.4 Å². The van der Waals surface area contributed by atoms with E-state index in [0.717, 1.165) is 4.90 Å². The number of carbonyl (C=O) groups is 2. The molecule has 74 valence electrons. The monoisotopic (exact) mass is 201 g/mol. The van der Waals surface area contributed by atoms with Crippen molar-refractivity contribution < 1.29 is 9.59 Å². The highest BCUT2D eigenvalue weighted by molar-refractivity contribution is 6.19. The van der Waals surface area contributed by atoms with E-state index in [9.17, 15) is 9.59 Å². The van der Waals surface area contributed by atoms with Crippen molar-refractivity contribution in [3.8, 4) is 6.07 Å². The highest BCUT2D eigenvalue weighted by Crippen LogP contribution is 2.20. The van der Waals surface area contributed by atoms with Gasteiger partial charge in [-0.1, -0.05) is 0 Å². The van der Waals surface area contributed by atoms with Crippen molar-refractivity contribution in [3.05, 3.63) is 23.9 Å². The molecule has 5 heteroatoms. The number of hydrogen-bond donors (Lipinski definition) is 0. The van der Waals surface area contributed by atoms with Crippen LogP contribution in [0.5, 0.6) is 0 Å². The van der Waals surface area contributed by atoms with Crippen LogP contribution in [0.3, 0.4) is 0 Å². The van der Waals surface area contributed by atoms with Gasteiger partial charge in [-0.2, -0.15) is 5.26 Å². The smallest absolute Gasteiger partial charge is 0.235 e. The van der Waals surface area contributed by atoms with Crippen LogP contribution >= 0.6 is 0 Å². The van der Waals surface area contributed by atoms with Gasteiger partial charge in [-0.25, -0.2) is 9.88 Å². The van der Waals surface area contributed by atoms with Crippen molar-refractivity contribution in [1.82, 2.24) is 4.98 Å². The Kier molecular flexibility index (Phi) is 2.18. The molecule has 2 heterocycles. The molecular formula is C10H7N3O2. The summed E-state index contributed by atoms with van der Waals surface area (Å²) in [5.41, 5.74) is 0.382. The zero-order chi connectivity index (χ0) is 10.8. The molecule has 5 nitrogen and oxygen atoms in total. The second-order valence-corrected chi connectivity index (χ2v) is 3.14. The first kappa shape index (κ1) is 9.34. The van der Waals surface area contributed by atoms with E-state index in [2.05, 4.69) is 4.98 Å². The normalized spacial score (nSPS) is 15.5. The van der Waals surface area contributed by atoms with Crippen LogP contribution < -0.4 is 4.90 Å². The molecule has 0 radical (unpaired) electrons. The van der Waals surface area contributed by atoms with E-state index in [1.165, 1.54) is 18.3 Å². The Balaban J connectivity index is 2.41. The minimum absolute atomic E-state index is 0.220. The maximum absolute atomic E-state index is 11.4. The Labute approximate surface area is 85.9 Å². The summed E-state index contributed by atoms with van der Waals surface area (Å²) in [4.78, 5) is 27.7. The highest BCUT2D eigenvalue weighted by Gasteiger charge is 2.31. The lowest BCUT2D eigenvalue weighted by molar-refractivity contribution is -0.121. The first-order chi connectivity index (χ1) is 7.22. The average Bonchev–Trinajstić information content (AvgIpc) is 2.59. The summed E-state index contributed by atoms with van der Waals surface area (Å²) in [7, 11) is 0. The third kappa shape index (κ3) is 1.57. The van der Waals surface area contributed by atoms with Crippen molar-refractivity contribution in [2.24, 2.45) is 0 Å². The van der Waals surface area contributed by atoms with E-state index in [1.807, 2.05) is 6.07 Å². The Morgan fingerprint density at radius 2 is 2.00 bits per heavy atom. The van der Waals surface area contributed by atoms with Crippen LogP contribution in [0.2, 0.25) is 0 Å². The van der Waals surface area contributed by atoms with Gasteiger partial charge in [0.25, 0.3) is 0 Å². The Morgan fingerprint density at radius 3 is 2.60 bits per heavy atom. The van der Waals surface area contributed by atoms with Gasteiger partial charge in [-0.3, -0.25) is 9.59 Å². The molecule has 1 aromatic rings. The zero-order valence-electron chi connectivity index (χ0n) is 7.80. The van der Waals surface area contributed by atoms with Crippen LogP contribution in [0, 0.1) is 11.3 Å². The first-order valence-electron chi connectivity index (χ1n) is 4.44. The van der Waals surface area contributed by atoms with E-state index in [1.54, 1.807) is 0 Å². The van der Waals surface area contributed by atoms with Crippen LogP contribution in [0.15, 0.2) is 18.3 Å². The van der Waals surface area contributed by atoms with Gasteiger partial charge >= 0.3 is 0 Å². The van der Waals surface area contributed by atoms with E-state index in [4.69, 9.17) is 5.26 Å². The predicted molar refractivity (Wildman–Crippen MR) is 50.7 cm³/mol. The maximum atomic E-state index is 11.4. The molecule has 0 bridgehead atoms. The highest BCUT2D eigenvalue weighted by atomic mass is 16.2. The molecule has 0 atom stereocenters. The van der Waals surface area contributed by atoms with Gasteiger partial charge in [0, 0.05) is 19.0 Å². The van der Waals surface area contributed by atoms with Crippen LogP contribution in [-0.4, -0.2) is 16.8 Å². The molecule has 0 aliphatic carbocycles. The molecule has 1 fully saturated rings. The van der Waals surface area contributed by atoms with Gasteiger partial charge in [0.15, 0.2) is 0 Å². The van der Waals surface area contributed by atoms with Crippen molar-refractivity contribution in [2.75, 3.05) is 4.90 Å². The number of carbonyl (C=O) groups excluding carboxylic acids is 2. The predicted octanol–water partition coefficient (Wildman–Crippen LogP) is 0.607. The molecular weight excluding hydrogens is 194 g/mol. The van der Waals surface area contributed by atoms with E-state index < -0.39 is 0 Å². The number of aromatic nitrogens is 1. The van der Waals surface area contributed by atoms with Gasteiger partial charge in [-0.05, 0) is 12.1 Å². The molecule has 15 heavy (non-hydrogen) atoms. The quantitative estimate of drug-likeness (QED) is 0.624. The fourth-order valence-corrected chi connectivity index (χ4v) is 1.44. The summed E-state index contributed by atoms with van der Waals surface area (Å²) in [6.45, 7) is 0. The lowest BCUT2D eigenvalue weighted by atomic mass is 10.3. The zero-order valence-corrected chi connectivity index (χ0v) is 7.80. The summed E-state index contributed by atoms with van der Waals surface area (Å²) >= 11 is 0. The van der Waals surface area contributed by atoms with Crippen molar-refractivity contribution in [2.45, 2.75) is 12.8 Å². The maximum Gasteiger partial charge on any atom is 0.235 e. The molecule has 0 N–H and O–H groups in total. The number of amides is 2. The molecule has 2 rings (SSSR count). The molecule has 1 aromatic heterocycles. The first-order valence-corrected chi connectivity index (χ1v) is 4.44. The minimum atomic E-state index is -0.261. The number of hydrogen-bond acceptors (Lipinski definition) is 4. The lowest BCUT2D eigenvalue weighted by Crippen LogP contribution is -2.29. The van der Waals surface area contributed by atoms with Crippen molar-refractivity contribution in [1.29, 1.82) is 5.26 Å². The fraction of sp³-hybridized carbons (Fsp3) is 0.200. The number of anilines is 1. The number of nitrogens with zero attached hydrogens (tertiary/aromatic N) is 3. The van der Waals surface area contributed by atoms with Gasteiger partial charge < -0.3 is 0 Å². The standard InChI is InChI=1S/C10H7N3O2/c11-6-7-3-4-12-8(5-7)13-9(14)1-2-10(13)15/h3-5H,1-2H2.